The van der Waals surface area contributed by atoms with Crippen molar-refractivity contribution in [2.75, 3.05) is 24.6 Å². The van der Waals surface area contributed by atoms with Crippen molar-refractivity contribution in [3.63, 3.8) is 0 Å². The minimum absolute atomic E-state index is 0.0750. The molecule has 0 saturated heterocycles. The third-order valence-corrected chi connectivity index (χ3v) is 4.93. The minimum atomic E-state index is -2.85. The van der Waals surface area contributed by atoms with E-state index >= 15 is 0 Å². The van der Waals surface area contributed by atoms with Gasteiger partial charge in [-0.25, -0.2) is 8.42 Å². The van der Waals surface area contributed by atoms with Gasteiger partial charge >= 0.3 is 0 Å². The Hall–Kier alpha value is -0.580. The summed E-state index contributed by atoms with van der Waals surface area (Å²) in [5.41, 5.74) is 1.08. The van der Waals surface area contributed by atoms with E-state index in [9.17, 15) is 8.42 Å². The molecule has 0 fully saturated rings. The van der Waals surface area contributed by atoms with E-state index in [1.807, 2.05) is 30.3 Å². The van der Waals surface area contributed by atoms with Crippen molar-refractivity contribution in [1.29, 1.82) is 0 Å². The molecule has 0 radical (unpaired) electrons. The standard InChI is InChI=1S/C13H20ClNO2S/c1-2-18(16,17)10-6-9-15-11-13(14)12-7-4-3-5-8-12/h3-5,7-8,13,15H,2,6,9-11H2,1H3. The van der Waals surface area contributed by atoms with E-state index in [4.69, 9.17) is 11.6 Å². The molecule has 1 N–H and O–H groups in total. The van der Waals surface area contributed by atoms with Crippen molar-refractivity contribution in [3.8, 4) is 0 Å². The van der Waals surface area contributed by atoms with Crippen LogP contribution in [0.4, 0.5) is 0 Å². The van der Waals surface area contributed by atoms with Gasteiger partial charge in [0.15, 0.2) is 0 Å². The Labute approximate surface area is 114 Å². The molecule has 0 spiro atoms. The number of nitrogens with one attached hydrogen (secondary N) is 1. The third kappa shape index (κ3) is 5.85. The van der Waals surface area contributed by atoms with Crippen LogP contribution in [0, 0.1) is 0 Å². The molecular formula is C13H20ClNO2S. The van der Waals surface area contributed by atoms with E-state index in [0.29, 0.717) is 19.5 Å². The van der Waals surface area contributed by atoms with Crippen LogP contribution in [-0.2, 0) is 9.84 Å². The molecule has 0 heterocycles. The number of alkyl halides is 1. The Morgan fingerprint density at radius 2 is 1.94 bits per heavy atom. The summed E-state index contributed by atoms with van der Waals surface area (Å²) in [6.07, 6.45) is 0.634. The van der Waals surface area contributed by atoms with Crippen LogP contribution in [0.25, 0.3) is 0 Å². The van der Waals surface area contributed by atoms with Crippen molar-refractivity contribution in [2.45, 2.75) is 18.7 Å². The Balaban J connectivity index is 2.19. The lowest BCUT2D eigenvalue weighted by Gasteiger charge is -2.11. The van der Waals surface area contributed by atoms with Gasteiger partial charge in [0, 0.05) is 12.3 Å². The molecule has 1 aromatic carbocycles. The fourth-order valence-corrected chi connectivity index (χ4v) is 2.70. The molecule has 0 aliphatic heterocycles. The van der Waals surface area contributed by atoms with Gasteiger partial charge in [-0.2, -0.15) is 0 Å². The van der Waals surface area contributed by atoms with E-state index in [2.05, 4.69) is 5.32 Å². The maximum absolute atomic E-state index is 11.3. The maximum Gasteiger partial charge on any atom is 0.150 e. The predicted octanol–water partition coefficient (Wildman–Crippen LogP) is 2.38. The number of rotatable bonds is 8. The van der Waals surface area contributed by atoms with Gasteiger partial charge in [0.1, 0.15) is 9.84 Å². The molecule has 1 rings (SSSR count). The summed E-state index contributed by atoms with van der Waals surface area (Å²) in [6, 6.07) is 9.84. The lowest BCUT2D eigenvalue weighted by Crippen LogP contribution is -2.22. The second-order valence-corrected chi connectivity index (χ2v) is 7.17. The fraction of sp³-hybridized carbons (Fsp3) is 0.538. The second-order valence-electron chi connectivity index (χ2n) is 4.17. The fourth-order valence-electron chi connectivity index (χ4n) is 1.57. The lowest BCUT2D eigenvalue weighted by atomic mass is 10.1. The van der Waals surface area contributed by atoms with Gasteiger partial charge in [-0.3, -0.25) is 0 Å². The third-order valence-electron chi connectivity index (χ3n) is 2.73. The van der Waals surface area contributed by atoms with Crippen molar-refractivity contribution in [3.05, 3.63) is 35.9 Å². The Morgan fingerprint density at radius 1 is 1.28 bits per heavy atom. The smallest absolute Gasteiger partial charge is 0.150 e. The molecule has 5 heteroatoms. The van der Waals surface area contributed by atoms with Crippen LogP contribution in [0.2, 0.25) is 0 Å². The topological polar surface area (TPSA) is 46.2 Å². The molecule has 3 nitrogen and oxygen atoms in total. The molecule has 0 aliphatic carbocycles. The van der Waals surface area contributed by atoms with Crippen LogP contribution in [0.3, 0.4) is 0 Å². The molecule has 18 heavy (non-hydrogen) atoms. The summed E-state index contributed by atoms with van der Waals surface area (Å²) in [5, 5.41) is 3.11. The van der Waals surface area contributed by atoms with Gasteiger partial charge < -0.3 is 5.32 Å². The molecule has 0 amide bonds. The first kappa shape index (κ1) is 15.5. The zero-order chi connectivity index (χ0) is 13.4. The highest BCUT2D eigenvalue weighted by Crippen LogP contribution is 2.18. The first-order valence-corrected chi connectivity index (χ1v) is 8.41. The predicted molar refractivity (Wildman–Crippen MR) is 76.9 cm³/mol. The monoisotopic (exact) mass is 289 g/mol. The van der Waals surface area contributed by atoms with Crippen LogP contribution in [-0.4, -0.2) is 33.0 Å². The Bertz CT molecular complexity index is 434. The minimum Gasteiger partial charge on any atom is -0.315 e. The van der Waals surface area contributed by atoms with Crippen molar-refractivity contribution in [2.24, 2.45) is 0 Å². The quantitative estimate of drug-likeness (QED) is 0.590. The van der Waals surface area contributed by atoms with Gasteiger partial charge in [0.2, 0.25) is 0 Å². The SMILES string of the molecule is CCS(=O)(=O)CCCNCC(Cl)c1ccccc1. The number of halogens is 1. The van der Waals surface area contributed by atoms with Crippen LogP contribution in [0.5, 0.6) is 0 Å². The van der Waals surface area contributed by atoms with Crippen LogP contribution >= 0.6 is 11.6 Å². The Morgan fingerprint density at radius 3 is 2.56 bits per heavy atom. The van der Waals surface area contributed by atoms with Crippen LogP contribution < -0.4 is 5.32 Å². The molecule has 0 aliphatic rings. The average molecular weight is 290 g/mol. The highest BCUT2D eigenvalue weighted by molar-refractivity contribution is 7.91. The number of sulfone groups is 1. The molecular weight excluding hydrogens is 270 g/mol. The van der Waals surface area contributed by atoms with Crippen LogP contribution in [0.15, 0.2) is 30.3 Å². The molecule has 1 unspecified atom stereocenters. The highest BCUT2D eigenvalue weighted by Gasteiger charge is 2.08. The summed E-state index contributed by atoms with van der Waals surface area (Å²) in [7, 11) is -2.85. The molecule has 0 saturated carbocycles. The summed E-state index contributed by atoms with van der Waals surface area (Å²) < 4.78 is 22.5. The molecule has 1 atom stereocenters. The van der Waals surface area contributed by atoms with Gasteiger partial charge in [-0.1, -0.05) is 37.3 Å². The number of hydrogen-bond donors (Lipinski definition) is 1. The average Bonchev–Trinajstić information content (AvgIpc) is 2.39. The van der Waals surface area contributed by atoms with Crippen LogP contribution in [0.1, 0.15) is 24.3 Å². The summed E-state index contributed by atoms with van der Waals surface area (Å²) in [4.78, 5) is 0. The van der Waals surface area contributed by atoms with E-state index in [0.717, 1.165) is 5.56 Å². The molecule has 102 valence electrons. The van der Waals surface area contributed by atoms with E-state index in [1.54, 1.807) is 6.92 Å². The summed E-state index contributed by atoms with van der Waals surface area (Å²) >= 11 is 6.22. The zero-order valence-corrected chi connectivity index (χ0v) is 12.2. The van der Waals surface area contributed by atoms with E-state index in [-0.39, 0.29) is 16.9 Å². The lowest BCUT2D eigenvalue weighted by molar-refractivity contribution is 0.589. The summed E-state index contributed by atoms with van der Waals surface area (Å²) in [6.45, 7) is 3.00. The van der Waals surface area contributed by atoms with E-state index in [1.165, 1.54) is 0 Å². The van der Waals surface area contributed by atoms with Crippen molar-refractivity contribution >= 4 is 21.4 Å². The van der Waals surface area contributed by atoms with Gasteiger partial charge in [-0.15, -0.1) is 11.6 Å². The van der Waals surface area contributed by atoms with Crippen molar-refractivity contribution < 1.29 is 8.42 Å². The van der Waals surface area contributed by atoms with E-state index < -0.39 is 9.84 Å². The van der Waals surface area contributed by atoms with Gasteiger partial charge in [0.05, 0.1) is 11.1 Å². The molecule has 1 aromatic rings. The maximum atomic E-state index is 11.3. The Kier molecular flexibility index (Phi) is 6.68. The number of hydrogen-bond acceptors (Lipinski definition) is 3. The second kappa shape index (κ2) is 7.77. The molecule has 0 aromatic heterocycles. The van der Waals surface area contributed by atoms with Crippen molar-refractivity contribution in [1.82, 2.24) is 5.32 Å². The highest BCUT2D eigenvalue weighted by atomic mass is 35.5. The van der Waals surface area contributed by atoms with Gasteiger partial charge in [0.25, 0.3) is 0 Å². The first-order chi connectivity index (χ1) is 8.55. The van der Waals surface area contributed by atoms with Gasteiger partial charge in [-0.05, 0) is 18.5 Å². The molecule has 0 bridgehead atoms. The zero-order valence-electron chi connectivity index (χ0n) is 10.6. The largest absolute Gasteiger partial charge is 0.315 e. The number of benzene rings is 1. The normalized spacial score (nSPS) is 13.4. The summed E-state index contributed by atoms with van der Waals surface area (Å²) in [5.74, 6) is 0.462. The first-order valence-electron chi connectivity index (χ1n) is 6.15.